The molecule has 5 nitrogen and oxygen atoms in total. The standard InChI is InChI=1S/C24H25BrN2O3/c1-5-19(25)15-21-17(3)26(24(28)27(21)20-10-8-7-9-11-20)16-18-12-13-22(29-4)23(14-18)30-6-2/h5,7-15H,3,6,16H2,1-2,4H3/b19-5+,21-15+. The fraction of sp³-hybridized carbons (Fsp3) is 0.208. The van der Waals surface area contributed by atoms with E-state index in [2.05, 4.69) is 22.5 Å². The number of hydrogen-bond acceptors (Lipinski definition) is 3. The van der Waals surface area contributed by atoms with Crippen molar-refractivity contribution in [2.45, 2.75) is 20.4 Å². The molecule has 2 aromatic carbocycles. The Labute approximate surface area is 184 Å². The molecule has 0 amide bonds. The normalized spacial score (nSPS) is 12.3. The molecule has 6 heteroatoms. The van der Waals surface area contributed by atoms with E-state index in [0.717, 1.165) is 21.1 Å². The number of methoxy groups -OCH3 is 1. The number of benzene rings is 2. The molecule has 3 rings (SSSR count). The van der Waals surface area contributed by atoms with E-state index in [9.17, 15) is 4.79 Å². The van der Waals surface area contributed by atoms with E-state index in [4.69, 9.17) is 9.47 Å². The number of rotatable bonds is 7. The van der Waals surface area contributed by atoms with Crippen molar-refractivity contribution in [2.24, 2.45) is 0 Å². The molecule has 0 saturated carbocycles. The van der Waals surface area contributed by atoms with Crippen molar-refractivity contribution in [2.75, 3.05) is 13.7 Å². The van der Waals surface area contributed by atoms with Crippen molar-refractivity contribution in [1.29, 1.82) is 0 Å². The second kappa shape index (κ2) is 9.67. The van der Waals surface area contributed by atoms with Crippen molar-refractivity contribution < 1.29 is 9.47 Å². The van der Waals surface area contributed by atoms with E-state index in [1.54, 1.807) is 16.2 Å². The van der Waals surface area contributed by atoms with E-state index in [-0.39, 0.29) is 5.69 Å². The Kier molecular flexibility index (Phi) is 7.00. The summed E-state index contributed by atoms with van der Waals surface area (Å²) in [6, 6.07) is 15.2. The highest BCUT2D eigenvalue weighted by atomic mass is 79.9. The molecule has 0 aliphatic heterocycles. The summed E-state index contributed by atoms with van der Waals surface area (Å²) < 4.78 is 15.3. The minimum absolute atomic E-state index is 0.150. The third-order valence-corrected chi connectivity index (χ3v) is 5.40. The van der Waals surface area contributed by atoms with Crippen LogP contribution in [0.4, 0.5) is 0 Å². The van der Waals surface area contributed by atoms with Gasteiger partial charge in [-0.3, -0.25) is 9.13 Å². The van der Waals surface area contributed by atoms with Crippen LogP contribution in [0.15, 0.2) is 63.9 Å². The highest BCUT2D eigenvalue weighted by Crippen LogP contribution is 2.28. The minimum Gasteiger partial charge on any atom is -0.493 e. The van der Waals surface area contributed by atoms with E-state index in [1.807, 2.05) is 74.5 Å². The van der Waals surface area contributed by atoms with Gasteiger partial charge in [-0.1, -0.05) is 52.9 Å². The van der Waals surface area contributed by atoms with Gasteiger partial charge in [0.15, 0.2) is 11.5 Å². The zero-order chi connectivity index (χ0) is 21.7. The Bertz CT molecular complexity index is 1220. The van der Waals surface area contributed by atoms with Gasteiger partial charge in [-0.2, -0.15) is 0 Å². The fourth-order valence-electron chi connectivity index (χ4n) is 3.23. The third-order valence-electron chi connectivity index (χ3n) is 4.72. The monoisotopic (exact) mass is 468 g/mol. The summed E-state index contributed by atoms with van der Waals surface area (Å²) in [6.45, 7) is 8.96. The van der Waals surface area contributed by atoms with E-state index in [0.29, 0.717) is 30.0 Å². The van der Waals surface area contributed by atoms with Crippen LogP contribution in [0, 0.1) is 0 Å². The van der Waals surface area contributed by atoms with Crippen LogP contribution in [0.25, 0.3) is 18.3 Å². The van der Waals surface area contributed by atoms with E-state index in [1.165, 1.54) is 0 Å². The molecule has 0 aliphatic carbocycles. The summed E-state index contributed by atoms with van der Waals surface area (Å²) in [6.07, 6.45) is 3.83. The van der Waals surface area contributed by atoms with Gasteiger partial charge in [0.05, 0.1) is 36.6 Å². The molecular weight excluding hydrogens is 444 g/mol. The summed E-state index contributed by atoms with van der Waals surface area (Å²) >= 11 is 3.52. The van der Waals surface area contributed by atoms with Gasteiger partial charge in [-0.25, -0.2) is 4.79 Å². The van der Waals surface area contributed by atoms with Gasteiger partial charge in [0.2, 0.25) is 0 Å². The molecule has 0 atom stereocenters. The first-order valence-electron chi connectivity index (χ1n) is 9.69. The van der Waals surface area contributed by atoms with E-state index >= 15 is 0 Å². The Hall–Kier alpha value is -2.99. The molecule has 156 valence electrons. The van der Waals surface area contributed by atoms with Crippen molar-refractivity contribution in [3.05, 3.63) is 85.8 Å². The summed E-state index contributed by atoms with van der Waals surface area (Å²) in [5, 5.41) is 1.37. The molecule has 3 aromatic rings. The molecule has 30 heavy (non-hydrogen) atoms. The predicted octanol–water partition coefficient (Wildman–Crippen LogP) is 3.58. The molecule has 0 aliphatic rings. The molecule has 0 spiro atoms. The number of allylic oxidation sites excluding steroid dienone is 2. The predicted molar refractivity (Wildman–Crippen MR) is 125 cm³/mol. The Morgan fingerprint density at radius 1 is 1.17 bits per heavy atom. The average molecular weight is 469 g/mol. The lowest BCUT2D eigenvalue weighted by Gasteiger charge is -2.11. The number of aromatic nitrogens is 2. The van der Waals surface area contributed by atoms with Crippen LogP contribution in [-0.2, 0) is 6.54 Å². The summed E-state index contributed by atoms with van der Waals surface area (Å²) in [7, 11) is 1.61. The number of ether oxygens (including phenoxy) is 2. The van der Waals surface area contributed by atoms with Crippen LogP contribution >= 0.6 is 15.9 Å². The van der Waals surface area contributed by atoms with Crippen molar-refractivity contribution >= 4 is 28.6 Å². The molecule has 0 saturated heterocycles. The lowest BCUT2D eigenvalue weighted by Crippen LogP contribution is -2.32. The van der Waals surface area contributed by atoms with Crippen LogP contribution in [-0.4, -0.2) is 22.9 Å². The first kappa shape index (κ1) is 21.7. The first-order valence-corrected chi connectivity index (χ1v) is 10.5. The van der Waals surface area contributed by atoms with Gasteiger partial charge in [0.25, 0.3) is 0 Å². The van der Waals surface area contributed by atoms with Crippen molar-refractivity contribution in [3.8, 4) is 17.2 Å². The molecular formula is C24H25BrN2O3. The molecule has 0 N–H and O–H groups in total. The highest BCUT2D eigenvalue weighted by molar-refractivity contribution is 9.12. The van der Waals surface area contributed by atoms with Crippen LogP contribution in [0.3, 0.4) is 0 Å². The van der Waals surface area contributed by atoms with Gasteiger partial charge in [-0.15, -0.1) is 0 Å². The van der Waals surface area contributed by atoms with Gasteiger partial charge in [0, 0.05) is 4.48 Å². The first-order chi connectivity index (χ1) is 14.5. The largest absolute Gasteiger partial charge is 0.493 e. The third kappa shape index (κ3) is 4.44. The quantitative estimate of drug-likeness (QED) is 0.532. The maximum Gasteiger partial charge on any atom is 0.334 e. The second-order valence-corrected chi connectivity index (χ2v) is 7.52. The molecule has 0 unspecified atom stereocenters. The molecule has 1 aromatic heterocycles. The average Bonchev–Trinajstić information content (AvgIpc) is 2.99. The second-order valence-electron chi connectivity index (χ2n) is 6.61. The fourth-order valence-corrected chi connectivity index (χ4v) is 3.45. The van der Waals surface area contributed by atoms with Gasteiger partial charge < -0.3 is 9.47 Å². The lowest BCUT2D eigenvalue weighted by atomic mass is 10.2. The van der Waals surface area contributed by atoms with Crippen LogP contribution in [0.2, 0.25) is 0 Å². The topological polar surface area (TPSA) is 45.4 Å². The number of imidazole rings is 1. The number of para-hydroxylation sites is 1. The van der Waals surface area contributed by atoms with Crippen LogP contribution in [0.1, 0.15) is 19.4 Å². The van der Waals surface area contributed by atoms with Crippen molar-refractivity contribution in [1.82, 2.24) is 9.13 Å². The number of hydrogen-bond donors (Lipinski definition) is 0. The SMILES string of the molecule is C=c1/c(=C\C(Br)=C/C)n(-c2ccccc2)c(=O)n1Cc1ccc(OC)c(OCC)c1. The van der Waals surface area contributed by atoms with E-state index < -0.39 is 0 Å². The Morgan fingerprint density at radius 2 is 1.90 bits per heavy atom. The molecule has 0 radical (unpaired) electrons. The van der Waals surface area contributed by atoms with Crippen LogP contribution < -0.4 is 25.9 Å². The van der Waals surface area contributed by atoms with Gasteiger partial charge in [0.1, 0.15) is 0 Å². The maximum absolute atomic E-state index is 13.4. The van der Waals surface area contributed by atoms with Crippen molar-refractivity contribution in [3.63, 3.8) is 0 Å². The number of nitrogens with zero attached hydrogens (tertiary/aromatic N) is 2. The lowest BCUT2D eigenvalue weighted by molar-refractivity contribution is 0.310. The summed E-state index contributed by atoms with van der Waals surface area (Å²) in [5.41, 5.74) is 1.56. The molecule has 0 fully saturated rings. The Morgan fingerprint density at radius 3 is 2.53 bits per heavy atom. The van der Waals surface area contributed by atoms with Gasteiger partial charge in [-0.05, 0) is 49.8 Å². The Balaban J connectivity index is 2.18. The number of halogens is 1. The van der Waals surface area contributed by atoms with Crippen LogP contribution in [0.5, 0.6) is 11.5 Å². The summed E-state index contributed by atoms with van der Waals surface area (Å²) in [5.74, 6) is 1.32. The smallest absolute Gasteiger partial charge is 0.334 e. The zero-order valence-electron chi connectivity index (χ0n) is 17.4. The molecule has 0 bridgehead atoms. The highest BCUT2D eigenvalue weighted by Gasteiger charge is 2.13. The summed E-state index contributed by atoms with van der Waals surface area (Å²) in [4.78, 5) is 13.4. The minimum atomic E-state index is -0.150. The van der Waals surface area contributed by atoms with Gasteiger partial charge >= 0.3 is 5.69 Å². The zero-order valence-corrected chi connectivity index (χ0v) is 19.0. The maximum atomic E-state index is 13.4. The molecule has 1 heterocycles.